The van der Waals surface area contributed by atoms with Crippen molar-refractivity contribution in [3.63, 3.8) is 0 Å². The molecule has 4 rings (SSSR count). The molecule has 0 aliphatic carbocycles. The predicted octanol–water partition coefficient (Wildman–Crippen LogP) is 3.54. The van der Waals surface area contributed by atoms with Gasteiger partial charge in [0.2, 0.25) is 10.0 Å². The fraction of sp³-hybridized carbons (Fsp3) is 0.316. The average molecular weight is 389 g/mol. The van der Waals surface area contributed by atoms with Gasteiger partial charge in [-0.2, -0.15) is 4.31 Å². The van der Waals surface area contributed by atoms with Crippen molar-refractivity contribution < 1.29 is 17.5 Å². The molecule has 27 heavy (non-hydrogen) atoms. The minimum absolute atomic E-state index is 0.231. The van der Waals surface area contributed by atoms with Crippen LogP contribution in [0.1, 0.15) is 30.3 Å². The molecule has 1 atom stereocenters. The molecule has 2 heterocycles. The zero-order valence-corrected chi connectivity index (χ0v) is 15.9. The van der Waals surface area contributed by atoms with Gasteiger partial charge in [0.15, 0.2) is 0 Å². The van der Waals surface area contributed by atoms with Crippen molar-refractivity contribution in [2.75, 3.05) is 13.7 Å². The van der Waals surface area contributed by atoms with Crippen LogP contribution >= 0.6 is 0 Å². The number of rotatable bonds is 4. The number of sulfonamides is 1. The molecule has 1 unspecified atom stereocenters. The van der Waals surface area contributed by atoms with Crippen molar-refractivity contribution in [3.8, 4) is 5.75 Å². The molecule has 1 saturated heterocycles. The molecule has 0 amide bonds. The van der Waals surface area contributed by atoms with E-state index in [4.69, 9.17) is 4.74 Å². The van der Waals surface area contributed by atoms with E-state index in [9.17, 15) is 12.8 Å². The summed E-state index contributed by atoms with van der Waals surface area (Å²) in [6, 6.07) is 8.75. The lowest BCUT2D eigenvalue weighted by Gasteiger charge is -2.23. The van der Waals surface area contributed by atoms with Crippen LogP contribution in [0.4, 0.5) is 4.39 Å². The van der Waals surface area contributed by atoms with E-state index in [2.05, 4.69) is 9.97 Å². The summed E-state index contributed by atoms with van der Waals surface area (Å²) in [5.74, 6) is 0.829. The third-order valence-corrected chi connectivity index (χ3v) is 6.86. The van der Waals surface area contributed by atoms with Crippen LogP contribution in [0.15, 0.2) is 41.3 Å². The molecule has 0 spiro atoms. The summed E-state index contributed by atoms with van der Waals surface area (Å²) in [7, 11) is -2.13. The number of halogens is 1. The van der Waals surface area contributed by atoms with Crippen LogP contribution in [-0.4, -0.2) is 36.3 Å². The van der Waals surface area contributed by atoms with E-state index in [0.717, 1.165) is 12.0 Å². The Labute approximate surface area is 157 Å². The highest BCUT2D eigenvalue weighted by molar-refractivity contribution is 7.89. The number of nitrogens with one attached hydrogen (secondary N) is 1. The number of aryl methyl sites for hydroxylation is 1. The molecule has 6 nitrogen and oxygen atoms in total. The second kappa shape index (κ2) is 6.61. The Morgan fingerprint density at radius 1 is 1.26 bits per heavy atom. The Morgan fingerprint density at radius 2 is 2.07 bits per heavy atom. The maximum Gasteiger partial charge on any atom is 0.243 e. The molecule has 3 aromatic rings. The van der Waals surface area contributed by atoms with Gasteiger partial charge in [-0.1, -0.05) is 0 Å². The molecule has 0 radical (unpaired) electrons. The Balaban J connectivity index is 1.72. The number of aromatic nitrogens is 2. The van der Waals surface area contributed by atoms with Crippen molar-refractivity contribution in [3.05, 3.63) is 53.6 Å². The molecule has 2 aromatic carbocycles. The van der Waals surface area contributed by atoms with E-state index in [1.165, 1.54) is 16.4 Å². The van der Waals surface area contributed by atoms with Gasteiger partial charge in [0, 0.05) is 6.54 Å². The van der Waals surface area contributed by atoms with Gasteiger partial charge < -0.3 is 9.72 Å². The fourth-order valence-corrected chi connectivity index (χ4v) is 5.35. The van der Waals surface area contributed by atoms with Crippen molar-refractivity contribution in [2.45, 2.75) is 30.7 Å². The van der Waals surface area contributed by atoms with E-state index in [-0.39, 0.29) is 10.7 Å². The summed E-state index contributed by atoms with van der Waals surface area (Å²) in [6.07, 6.45) is 1.40. The molecule has 1 aromatic heterocycles. The number of benzene rings is 2. The van der Waals surface area contributed by atoms with E-state index in [0.29, 0.717) is 35.6 Å². The standard InChI is InChI=1S/C19H20FN3O3S/c1-12-10-14(6-8-18(12)26-2)27(24,25)23-9-3-4-17(23)19-21-15-7-5-13(20)11-16(15)22-19/h5-8,10-11,17H,3-4,9H2,1-2H3,(H,21,22). The van der Waals surface area contributed by atoms with Crippen molar-refractivity contribution >= 4 is 21.1 Å². The summed E-state index contributed by atoms with van der Waals surface area (Å²) < 4.78 is 46.6. The lowest BCUT2D eigenvalue weighted by atomic mass is 10.2. The van der Waals surface area contributed by atoms with Gasteiger partial charge in [-0.05, 0) is 61.7 Å². The van der Waals surface area contributed by atoms with Gasteiger partial charge >= 0.3 is 0 Å². The number of imidazole rings is 1. The first kappa shape index (κ1) is 17.9. The average Bonchev–Trinajstić information content (AvgIpc) is 3.28. The van der Waals surface area contributed by atoms with E-state index in [1.807, 2.05) is 6.92 Å². The zero-order chi connectivity index (χ0) is 19.2. The first-order valence-electron chi connectivity index (χ1n) is 8.72. The molecule has 0 saturated carbocycles. The number of hydrogen-bond acceptors (Lipinski definition) is 4. The lowest BCUT2D eigenvalue weighted by Crippen LogP contribution is -2.31. The number of hydrogen-bond donors (Lipinski definition) is 1. The highest BCUT2D eigenvalue weighted by Crippen LogP contribution is 2.36. The Bertz CT molecular complexity index is 1110. The molecule has 0 bridgehead atoms. The van der Waals surface area contributed by atoms with Gasteiger partial charge in [0.05, 0.1) is 29.1 Å². The topological polar surface area (TPSA) is 75.3 Å². The van der Waals surface area contributed by atoms with Gasteiger partial charge in [-0.25, -0.2) is 17.8 Å². The molecule has 1 N–H and O–H groups in total. The summed E-state index contributed by atoms with van der Waals surface area (Å²) in [5.41, 5.74) is 1.94. The number of fused-ring (bicyclic) bond motifs is 1. The third-order valence-electron chi connectivity index (χ3n) is 4.95. The first-order valence-corrected chi connectivity index (χ1v) is 10.2. The lowest BCUT2D eigenvalue weighted by molar-refractivity contribution is 0.385. The Kier molecular flexibility index (Phi) is 4.39. The van der Waals surface area contributed by atoms with Crippen LogP contribution in [0.25, 0.3) is 11.0 Å². The number of nitrogens with zero attached hydrogens (tertiary/aromatic N) is 2. The van der Waals surface area contributed by atoms with Gasteiger partial charge in [-0.15, -0.1) is 0 Å². The van der Waals surface area contributed by atoms with Gasteiger partial charge in [0.1, 0.15) is 17.4 Å². The summed E-state index contributed by atoms with van der Waals surface area (Å²) in [6.45, 7) is 2.23. The third kappa shape index (κ3) is 3.08. The second-order valence-electron chi connectivity index (χ2n) is 6.69. The van der Waals surface area contributed by atoms with E-state index >= 15 is 0 Å². The number of methoxy groups -OCH3 is 1. The summed E-state index contributed by atoms with van der Waals surface area (Å²) in [5, 5.41) is 0. The minimum atomic E-state index is -3.69. The molecular formula is C19H20FN3O3S. The number of ether oxygens (including phenoxy) is 1. The van der Waals surface area contributed by atoms with Crippen LogP contribution in [0.3, 0.4) is 0 Å². The largest absolute Gasteiger partial charge is 0.496 e. The van der Waals surface area contributed by atoms with Crippen molar-refractivity contribution in [2.24, 2.45) is 0 Å². The van der Waals surface area contributed by atoms with Crippen LogP contribution < -0.4 is 4.74 Å². The summed E-state index contributed by atoms with van der Waals surface area (Å²) >= 11 is 0. The monoisotopic (exact) mass is 389 g/mol. The Morgan fingerprint density at radius 3 is 2.81 bits per heavy atom. The normalized spacial score (nSPS) is 18.3. The van der Waals surface area contributed by atoms with E-state index < -0.39 is 16.1 Å². The van der Waals surface area contributed by atoms with Crippen molar-refractivity contribution in [1.29, 1.82) is 0 Å². The first-order chi connectivity index (χ1) is 12.9. The highest BCUT2D eigenvalue weighted by Gasteiger charge is 2.38. The number of H-pyrrole nitrogens is 1. The highest BCUT2D eigenvalue weighted by atomic mass is 32.2. The molecule has 1 aliphatic heterocycles. The van der Waals surface area contributed by atoms with Crippen molar-refractivity contribution in [1.82, 2.24) is 14.3 Å². The Hall–Kier alpha value is -2.45. The van der Waals surface area contributed by atoms with Gasteiger partial charge in [0.25, 0.3) is 0 Å². The maximum atomic E-state index is 13.4. The minimum Gasteiger partial charge on any atom is -0.496 e. The molecule has 8 heteroatoms. The quantitative estimate of drug-likeness (QED) is 0.741. The predicted molar refractivity (Wildman–Crippen MR) is 99.6 cm³/mol. The second-order valence-corrected chi connectivity index (χ2v) is 8.58. The zero-order valence-electron chi connectivity index (χ0n) is 15.1. The van der Waals surface area contributed by atoms with Crippen LogP contribution in [0.2, 0.25) is 0 Å². The van der Waals surface area contributed by atoms with Crippen LogP contribution in [0, 0.1) is 12.7 Å². The fourth-order valence-electron chi connectivity index (χ4n) is 3.61. The smallest absolute Gasteiger partial charge is 0.243 e. The summed E-state index contributed by atoms with van der Waals surface area (Å²) in [4.78, 5) is 7.81. The van der Waals surface area contributed by atoms with E-state index in [1.54, 1.807) is 31.4 Å². The van der Waals surface area contributed by atoms with Gasteiger partial charge in [-0.3, -0.25) is 0 Å². The molecule has 1 aliphatic rings. The molecular weight excluding hydrogens is 369 g/mol. The number of aromatic amines is 1. The molecule has 142 valence electrons. The van der Waals surface area contributed by atoms with Crippen LogP contribution in [0.5, 0.6) is 5.75 Å². The molecule has 1 fully saturated rings. The van der Waals surface area contributed by atoms with Crippen LogP contribution in [-0.2, 0) is 10.0 Å². The SMILES string of the molecule is COc1ccc(S(=O)(=O)N2CCCC2c2nc3ccc(F)cc3[nH]2)cc1C. The maximum absolute atomic E-state index is 13.4.